The van der Waals surface area contributed by atoms with Gasteiger partial charge in [-0.05, 0) is 24.7 Å². The number of nitrogens with one attached hydrogen (secondary N) is 1. The lowest BCUT2D eigenvalue weighted by molar-refractivity contribution is 0.167. The van der Waals surface area contributed by atoms with Crippen LogP contribution in [-0.2, 0) is 5.11 Å². The van der Waals surface area contributed by atoms with Gasteiger partial charge in [-0.3, -0.25) is 0 Å². The van der Waals surface area contributed by atoms with Gasteiger partial charge >= 0.3 is 6.09 Å². The Morgan fingerprint density at radius 1 is 1.56 bits per heavy atom. The number of carbonyl (C=O) groups excluding carboxylic acids is 1. The highest BCUT2D eigenvalue weighted by Crippen LogP contribution is 2.65. The third-order valence-electron chi connectivity index (χ3n) is 2.37. The van der Waals surface area contributed by atoms with E-state index < -0.39 is 6.09 Å². The average Bonchev–Trinajstić information content (AvgIpc) is 2.54. The van der Waals surface area contributed by atoms with Crippen molar-refractivity contribution in [2.75, 3.05) is 0 Å². The third kappa shape index (κ3) is 0.677. The van der Waals surface area contributed by atoms with Gasteiger partial charge in [0.25, 0.3) is 0 Å². The molecule has 0 aromatic heterocycles. The lowest BCUT2D eigenvalue weighted by Gasteiger charge is -1.91. The van der Waals surface area contributed by atoms with Crippen LogP contribution in [0.15, 0.2) is 0 Å². The van der Waals surface area contributed by atoms with E-state index in [0.29, 0.717) is 5.41 Å². The molecule has 0 bridgehead atoms. The van der Waals surface area contributed by atoms with Gasteiger partial charge in [0, 0.05) is 6.04 Å². The summed E-state index contributed by atoms with van der Waals surface area (Å²) in [6, 6.07) is 0.238. The molecular formula is C6H8NO2. The van der Waals surface area contributed by atoms with Crippen molar-refractivity contribution < 1.29 is 9.90 Å². The first kappa shape index (κ1) is 5.09. The smallest absolute Gasteiger partial charge is 0.315 e. The van der Waals surface area contributed by atoms with Crippen LogP contribution in [0.3, 0.4) is 0 Å². The monoisotopic (exact) mass is 126 g/mol. The Balaban J connectivity index is 1.84. The fraction of sp³-hybridized carbons (Fsp3) is 0.833. The van der Waals surface area contributed by atoms with Crippen molar-refractivity contribution in [3.63, 3.8) is 0 Å². The molecular weight excluding hydrogens is 118 g/mol. The van der Waals surface area contributed by atoms with Crippen LogP contribution in [0.4, 0.5) is 4.79 Å². The normalized spacial score (nSPS) is 34.0. The zero-order valence-corrected chi connectivity index (χ0v) is 5.02. The predicted molar refractivity (Wildman–Crippen MR) is 29.3 cm³/mol. The van der Waals surface area contributed by atoms with Crippen LogP contribution >= 0.6 is 0 Å². The minimum absolute atomic E-state index is 0.238. The average molecular weight is 126 g/mol. The van der Waals surface area contributed by atoms with Crippen LogP contribution in [0.2, 0.25) is 0 Å². The molecule has 2 fully saturated rings. The Kier molecular flexibility index (Phi) is 0.693. The van der Waals surface area contributed by atoms with Crippen LogP contribution in [0.25, 0.3) is 0 Å². The van der Waals surface area contributed by atoms with Gasteiger partial charge in [0.2, 0.25) is 0 Å². The first-order valence-electron chi connectivity index (χ1n) is 3.20. The highest BCUT2D eigenvalue weighted by atomic mass is 16.4. The van der Waals surface area contributed by atoms with Gasteiger partial charge in [0.15, 0.2) is 0 Å². The Bertz CT molecular complexity index is 162. The molecule has 1 atom stereocenters. The van der Waals surface area contributed by atoms with Crippen molar-refractivity contribution in [2.45, 2.75) is 25.3 Å². The molecule has 3 heteroatoms. The zero-order valence-electron chi connectivity index (χ0n) is 5.02. The molecule has 1 spiro atoms. The molecule has 0 unspecified atom stereocenters. The van der Waals surface area contributed by atoms with Crippen LogP contribution < -0.4 is 5.32 Å². The summed E-state index contributed by atoms with van der Waals surface area (Å²) < 4.78 is 0. The summed E-state index contributed by atoms with van der Waals surface area (Å²) in [7, 11) is 0. The molecule has 0 aliphatic heterocycles. The fourth-order valence-corrected chi connectivity index (χ4v) is 1.41. The standard InChI is InChI=1S/C6H8NO2/c8-5(9)7-4-3-6(4)1-2-6/h4,7H,1-3H2/t4-/m0/s1. The molecule has 2 rings (SSSR count). The highest BCUT2D eigenvalue weighted by Gasteiger charge is 2.63. The molecule has 2 aliphatic carbocycles. The van der Waals surface area contributed by atoms with Gasteiger partial charge in [0.05, 0.1) is 0 Å². The van der Waals surface area contributed by atoms with E-state index in [2.05, 4.69) is 5.32 Å². The number of carbonyl (C=O) groups is 1. The number of rotatable bonds is 1. The number of amides is 1. The van der Waals surface area contributed by atoms with Gasteiger partial charge < -0.3 is 5.32 Å². The van der Waals surface area contributed by atoms with Gasteiger partial charge in [-0.1, -0.05) is 0 Å². The summed E-state index contributed by atoms with van der Waals surface area (Å²) in [6.07, 6.45) is 2.33. The first-order chi connectivity index (χ1) is 4.23. The van der Waals surface area contributed by atoms with E-state index in [-0.39, 0.29) is 6.04 Å². The van der Waals surface area contributed by atoms with E-state index in [1.807, 2.05) is 0 Å². The molecule has 0 saturated heterocycles. The van der Waals surface area contributed by atoms with Gasteiger partial charge in [-0.15, -0.1) is 0 Å². The second-order valence-corrected chi connectivity index (χ2v) is 3.05. The van der Waals surface area contributed by atoms with Crippen molar-refractivity contribution in [3.8, 4) is 0 Å². The van der Waals surface area contributed by atoms with Crippen molar-refractivity contribution in [1.29, 1.82) is 0 Å². The van der Waals surface area contributed by atoms with Crippen LogP contribution in [0.1, 0.15) is 19.3 Å². The summed E-state index contributed by atoms with van der Waals surface area (Å²) >= 11 is 0. The largest absolute Gasteiger partial charge is 0.450 e. The maximum Gasteiger partial charge on any atom is 0.450 e. The lowest BCUT2D eigenvalue weighted by atomic mass is 10.4. The van der Waals surface area contributed by atoms with E-state index in [9.17, 15) is 9.90 Å². The summed E-state index contributed by atoms with van der Waals surface area (Å²) in [5.41, 5.74) is 0.417. The second-order valence-electron chi connectivity index (χ2n) is 3.05. The predicted octanol–water partition coefficient (Wildman–Crippen LogP) is 0.679. The van der Waals surface area contributed by atoms with E-state index in [4.69, 9.17) is 0 Å². The maximum atomic E-state index is 9.94. The van der Waals surface area contributed by atoms with Gasteiger partial charge in [-0.2, -0.15) is 0 Å². The van der Waals surface area contributed by atoms with E-state index in [1.54, 1.807) is 0 Å². The molecule has 1 amide bonds. The molecule has 0 aromatic carbocycles. The highest BCUT2D eigenvalue weighted by molar-refractivity contribution is 5.65. The van der Waals surface area contributed by atoms with Crippen LogP contribution in [0, 0.1) is 5.41 Å². The van der Waals surface area contributed by atoms with Gasteiger partial charge in [-0.25, -0.2) is 9.90 Å². The SMILES string of the molecule is [O]C(=O)N[C@H]1CC12CC2. The summed E-state index contributed by atoms with van der Waals surface area (Å²) in [6.45, 7) is 0. The van der Waals surface area contributed by atoms with E-state index in [0.717, 1.165) is 6.42 Å². The van der Waals surface area contributed by atoms with Crippen molar-refractivity contribution in [1.82, 2.24) is 5.32 Å². The summed E-state index contributed by atoms with van der Waals surface area (Å²) in [4.78, 5) is 9.94. The second kappa shape index (κ2) is 1.23. The minimum Gasteiger partial charge on any atom is -0.315 e. The third-order valence-corrected chi connectivity index (χ3v) is 2.37. The van der Waals surface area contributed by atoms with Crippen LogP contribution in [-0.4, -0.2) is 12.1 Å². The molecule has 2 saturated carbocycles. The van der Waals surface area contributed by atoms with Gasteiger partial charge in [0.1, 0.15) is 0 Å². The molecule has 49 valence electrons. The van der Waals surface area contributed by atoms with E-state index >= 15 is 0 Å². The molecule has 2 aliphatic rings. The van der Waals surface area contributed by atoms with Crippen LogP contribution in [0.5, 0.6) is 0 Å². The Labute approximate surface area is 53.1 Å². The molecule has 1 radical (unpaired) electrons. The molecule has 0 aromatic rings. The Morgan fingerprint density at radius 3 is 2.56 bits per heavy atom. The lowest BCUT2D eigenvalue weighted by Crippen LogP contribution is -2.23. The summed E-state index contributed by atoms with van der Waals surface area (Å²) in [5, 5.41) is 12.3. The minimum atomic E-state index is -1.12. The topological polar surface area (TPSA) is 49.0 Å². The van der Waals surface area contributed by atoms with Crippen molar-refractivity contribution in [3.05, 3.63) is 0 Å². The Hall–Kier alpha value is -0.730. The van der Waals surface area contributed by atoms with Crippen molar-refractivity contribution in [2.24, 2.45) is 5.41 Å². The molecule has 1 N–H and O–H groups in total. The molecule has 9 heavy (non-hydrogen) atoms. The molecule has 3 nitrogen and oxygen atoms in total. The quantitative estimate of drug-likeness (QED) is 0.551. The molecule has 0 heterocycles. The maximum absolute atomic E-state index is 9.94. The van der Waals surface area contributed by atoms with Crippen molar-refractivity contribution >= 4 is 6.09 Å². The zero-order chi connectivity index (χ0) is 6.48. The number of hydrogen-bond donors (Lipinski definition) is 1. The van der Waals surface area contributed by atoms with E-state index in [1.165, 1.54) is 12.8 Å². The number of hydrogen-bond acceptors (Lipinski definition) is 1. The first-order valence-corrected chi connectivity index (χ1v) is 3.20. The summed E-state index contributed by atoms with van der Waals surface area (Å²) in [5.74, 6) is 0. The fourth-order valence-electron chi connectivity index (χ4n) is 1.41. The Morgan fingerprint density at radius 2 is 2.22 bits per heavy atom.